The van der Waals surface area contributed by atoms with E-state index in [0.717, 1.165) is 17.3 Å². The molecule has 0 aliphatic carbocycles. The Morgan fingerprint density at radius 2 is 2.40 bits per heavy atom. The van der Waals surface area contributed by atoms with Crippen LogP contribution in [0.4, 0.5) is 0 Å². The fourth-order valence-electron chi connectivity index (χ4n) is 1.59. The molecule has 0 amide bonds. The van der Waals surface area contributed by atoms with Crippen LogP contribution in [0.15, 0.2) is 15.9 Å². The van der Waals surface area contributed by atoms with Crippen molar-refractivity contribution >= 4 is 27.3 Å². The van der Waals surface area contributed by atoms with Gasteiger partial charge in [-0.2, -0.15) is 0 Å². The molecule has 2 atom stereocenters. The molecule has 1 rings (SSSR count). The molecule has 2 unspecified atom stereocenters. The van der Waals surface area contributed by atoms with E-state index < -0.39 is 0 Å². The molecule has 0 fully saturated rings. The van der Waals surface area contributed by atoms with E-state index >= 15 is 0 Å². The van der Waals surface area contributed by atoms with Gasteiger partial charge in [0.1, 0.15) is 0 Å². The maximum atomic E-state index is 5.54. The van der Waals surface area contributed by atoms with Crippen LogP contribution in [-0.4, -0.2) is 19.3 Å². The van der Waals surface area contributed by atoms with Gasteiger partial charge < -0.3 is 4.74 Å². The lowest BCUT2D eigenvalue weighted by molar-refractivity contribution is 0.0656. The highest BCUT2D eigenvalue weighted by Crippen LogP contribution is 2.22. The molecule has 1 aromatic rings. The molecule has 86 valence electrons. The van der Waals surface area contributed by atoms with Gasteiger partial charge >= 0.3 is 0 Å². The second-order valence-electron chi connectivity index (χ2n) is 3.39. The van der Waals surface area contributed by atoms with Gasteiger partial charge in [0.05, 0.1) is 12.1 Å². The first kappa shape index (κ1) is 13.1. The Hall–Kier alpha value is 0.0600. The van der Waals surface area contributed by atoms with Gasteiger partial charge in [-0.05, 0) is 28.4 Å². The molecule has 0 aliphatic heterocycles. The second-order valence-corrected chi connectivity index (χ2v) is 5.30. The minimum absolute atomic E-state index is 0.163. The molecule has 0 aliphatic rings. The standard InChI is InChI=1S/C10H17BrN2OS/c1-3-10(14-2)9(13-12)5-8-4-7(11)6-15-8/h4,6,9-10,13H,3,5,12H2,1-2H3. The minimum atomic E-state index is 0.163. The number of ether oxygens (including phenoxy) is 1. The Morgan fingerprint density at radius 3 is 2.80 bits per heavy atom. The van der Waals surface area contributed by atoms with Crippen LogP contribution in [0.5, 0.6) is 0 Å². The van der Waals surface area contributed by atoms with E-state index in [1.807, 2.05) is 0 Å². The third-order valence-corrected chi connectivity index (χ3v) is 4.13. The summed E-state index contributed by atoms with van der Waals surface area (Å²) in [4.78, 5) is 1.31. The van der Waals surface area contributed by atoms with Crippen molar-refractivity contribution in [2.45, 2.75) is 31.9 Å². The van der Waals surface area contributed by atoms with Gasteiger partial charge in [-0.25, -0.2) is 0 Å². The van der Waals surface area contributed by atoms with Crippen molar-refractivity contribution < 1.29 is 4.74 Å². The van der Waals surface area contributed by atoms with Crippen LogP contribution >= 0.6 is 27.3 Å². The summed E-state index contributed by atoms with van der Waals surface area (Å²) in [6.45, 7) is 2.10. The van der Waals surface area contributed by atoms with E-state index in [4.69, 9.17) is 10.6 Å². The zero-order chi connectivity index (χ0) is 11.3. The zero-order valence-corrected chi connectivity index (χ0v) is 11.4. The van der Waals surface area contributed by atoms with Crippen molar-refractivity contribution in [2.24, 2.45) is 5.84 Å². The minimum Gasteiger partial charge on any atom is -0.380 e. The molecule has 0 saturated carbocycles. The number of nitrogens with one attached hydrogen (secondary N) is 1. The van der Waals surface area contributed by atoms with Crippen LogP contribution in [0, 0.1) is 0 Å². The highest BCUT2D eigenvalue weighted by Gasteiger charge is 2.19. The van der Waals surface area contributed by atoms with Crippen LogP contribution in [0.1, 0.15) is 18.2 Å². The number of hydrogen-bond acceptors (Lipinski definition) is 4. The molecule has 0 spiro atoms. The summed E-state index contributed by atoms with van der Waals surface area (Å²) >= 11 is 5.18. The van der Waals surface area contributed by atoms with Crippen molar-refractivity contribution in [3.63, 3.8) is 0 Å². The molecule has 3 N–H and O–H groups in total. The van der Waals surface area contributed by atoms with Crippen LogP contribution in [0.25, 0.3) is 0 Å². The molecule has 0 bridgehead atoms. The Kier molecular flexibility index (Phi) is 5.78. The monoisotopic (exact) mass is 292 g/mol. The first-order chi connectivity index (χ1) is 7.21. The van der Waals surface area contributed by atoms with E-state index in [1.165, 1.54) is 4.88 Å². The smallest absolute Gasteiger partial charge is 0.0738 e. The molecular weight excluding hydrogens is 276 g/mol. The van der Waals surface area contributed by atoms with Crippen molar-refractivity contribution in [3.8, 4) is 0 Å². The Labute approximate surface area is 103 Å². The molecule has 0 saturated heterocycles. The topological polar surface area (TPSA) is 47.3 Å². The number of halogens is 1. The highest BCUT2D eigenvalue weighted by molar-refractivity contribution is 9.10. The van der Waals surface area contributed by atoms with E-state index in [0.29, 0.717) is 0 Å². The van der Waals surface area contributed by atoms with Gasteiger partial charge in [0.2, 0.25) is 0 Å². The van der Waals surface area contributed by atoms with E-state index in [9.17, 15) is 0 Å². The molecule has 1 heterocycles. The van der Waals surface area contributed by atoms with Crippen LogP contribution < -0.4 is 11.3 Å². The maximum Gasteiger partial charge on any atom is 0.0738 e. The Morgan fingerprint density at radius 1 is 1.67 bits per heavy atom. The van der Waals surface area contributed by atoms with Gasteiger partial charge in [0.25, 0.3) is 0 Å². The van der Waals surface area contributed by atoms with Gasteiger partial charge in [0.15, 0.2) is 0 Å². The summed E-state index contributed by atoms with van der Waals surface area (Å²) < 4.78 is 6.51. The molecule has 5 heteroatoms. The van der Waals surface area contributed by atoms with Gasteiger partial charge in [-0.3, -0.25) is 11.3 Å². The summed E-state index contributed by atoms with van der Waals surface area (Å²) in [5, 5.41) is 2.08. The summed E-state index contributed by atoms with van der Waals surface area (Å²) in [5.74, 6) is 5.54. The second kappa shape index (κ2) is 6.60. The molecular formula is C10H17BrN2OS. The molecule has 0 aromatic carbocycles. The fraction of sp³-hybridized carbons (Fsp3) is 0.600. The predicted octanol–water partition coefficient (Wildman–Crippen LogP) is 2.31. The number of nitrogens with two attached hydrogens (primary N) is 1. The fourth-order valence-corrected chi connectivity index (χ4v) is 3.10. The normalized spacial score (nSPS) is 15.2. The molecule has 15 heavy (non-hydrogen) atoms. The van der Waals surface area contributed by atoms with Gasteiger partial charge in [-0.1, -0.05) is 6.92 Å². The Balaban J connectivity index is 2.60. The largest absolute Gasteiger partial charge is 0.380 e. The SMILES string of the molecule is CCC(OC)C(Cc1cc(Br)cs1)NN. The van der Waals surface area contributed by atoms with E-state index in [2.05, 4.69) is 39.7 Å². The number of thiophene rings is 1. The van der Waals surface area contributed by atoms with Crippen LogP contribution in [0.3, 0.4) is 0 Å². The number of rotatable bonds is 6. The first-order valence-corrected chi connectivity index (χ1v) is 6.60. The third-order valence-electron chi connectivity index (χ3n) is 2.41. The van der Waals surface area contributed by atoms with E-state index in [-0.39, 0.29) is 12.1 Å². The number of hydrazine groups is 1. The summed E-state index contributed by atoms with van der Waals surface area (Å²) in [6.07, 6.45) is 2.02. The lowest BCUT2D eigenvalue weighted by Gasteiger charge is -2.23. The van der Waals surface area contributed by atoms with Gasteiger partial charge in [0, 0.05) is 28.3 Å². The van der Waals surface area contributed by atoms with Crippen molar-refractivity contribution in [3.05, 3.63) is 20.8 Å². The number of methoxy groups -OCH3 is 1. The van der Waals surface area contributed by atoms with Crippen molar-refractivity contribution in [2.75, 3.05) is 7.11 Å². The third kappa shape index (κ3) is 3.85. The Bertz CT molecular complexity index is 289. The average Bonchev–Trinajstić information content (AvgIpc) is 2.64. The zero-order valence-electron chi connectivity index (χ0n) is 9.00. The predicted molar refractivity (Wildman–Crippen MR) is 67.9 cm³/mol. The number of hydrogen-bond donors (Lipinski definition) is 2. The molecule has 3 nitrogen and oxygen atoms in total. The van der Waals surface area contributed by atoms with Crippen LogP contribution in [-0.2, 0) is 11.2 Å². The first-order valence-electron chi connectivity index (χ1n) is 4.93. The van der Waals surface area contributed by atoms with Crippen LogP contribution in [0.2, 0.25) is 0 Å². The molecule has 1 aromatic heterocycles. The lowest BCUT2D eigenvalue weighted by Crippen LogP contribution is -2.45. The maximum absolute atomic E-state index is 5.54. The van der Waals surface area contributed by atoms with E-state index in [1.54, 1.807) is 18.4 Å². The summed E-state index contributed by atoms with van der Waals surface area (Å²) in [5.41, 5.74) is 2.83. The summed E-state index contributed by atoms with van der Waals surface area (Å²) in [6, 6.07) is 2.29. The average molecular weight is 293 g/mol. The van der Waals surface area contributed by atoms with Crippen molar-refractivity contribution in [1.29, 1.82) is 0 Å². The van der Waals surface area contributed by atoms with Crippen molar-refractivity contribution in [1.82, 2.24) is 5.43 Å². The highest BCUT2D eigenvalue weighted by atomic mass is 79.9. The quantitative estimate of drug-likeness (QED) is 0.625. The lowest BCUT2D eigenvalue weighted by atomic mass is 10.1. The molecule has 0 radical (unpaired) electrons. The van der Waals surface area contributed by atoms with Gasteiger partial charge in [-0.15, -0.1) is 11.3 Å². The summed E-state index contributed by atoms with van der Waals surface area (Å²) in [7, 11) is 1.73.